The summed E-state index contributed by atoms with van der Waals surface area (Å²) >= 11 is 0. The van der Waals surface area contributed by atoms with Crippen LogP contribution in [0, 0.1) is 10.8 Å². The van der Waals surface area contributed by atoms with Gasteiger partial charge in [-0.15, -0.1) is 0 Å². The Morgan fingerprint density at radius 2 is 1.17 bits per heavy atom. The van der Waals surface area contributed by atoms with Crippen LogP contribution in [0.1, 0.15) is 102 Å². The van der Waals surface area contributed by atoms with E-state index < -0.39 is 0 Å². The third-order valence-electron chi connectivity index (χ3n) is 12.7. The minimum Gasteiger partial charge on any atom is -0.305 e. The molecule has 3 nitrogen and oxygen atoms in total. The third kappa shape index (κ3) is 1.66. The highest BCUT2D eigenvalue weighted by Crippen LogP contribution is 2.70. The average Bonchev–Trinajstić information content (AvgIpc) is 3.55. The summed E-state index contributed by atoms with van der Waals surface area (Å²) < 4.78 is 2.53. The zero-order valence-corrected chi connectivity index (χ0v) is 21.7. The molecule has 176 valence electrons. The fraction of sp³-hybridized carbons (Fsp3) is 0.500. The van der Waals surface area contributed by atoms with Crippen LogP contribution in [0.4, 0.5) is 0 Å². The molecular weight excluding hydrogens is 426 g/mol. The number of benzene rings is 1. The molecule has 2 saturated carbocycles. The van der Waals surface area contributed by atoms with Crippen LogP contribution in [0.15, 0.2) is 30.6 Å². The van der Waals surface area contributed by atoms with Gasteiger partial charge in [0.15, 0.2) is 0 Å². The SMILES string of the molecule is CC12CCC(c3c1ncc1c3c3cccc4c5c6c(ncc5n1c34)C1(C)CCC6C1(C)C)C2(C)C. The van der Waals surface area contributed by atoms with Crippen LogP contribution in [0.5, 0.6) is 0 Å². The van der Waals surface area contributed by atoms with E-state index in [1.54, 1.807) is 11.1 Å². The Bertz CT molecular complexity index is 1680. The van der Waals surface area contributed by atoms with Gasteiger partial charge in [-0.2, -0.15) is 0 Å². The minimum absolute atomic E-state index is 0.178. The molecular formula is C32H33N3. The fourth-order valence-corrected chi connectivity index (χ4v) is 9.91. The normalized spacial score (nSPS) is 33.7. The van der Waals surface area contributed by atoms with Crippen LogP contribution < -0.4 is 0 Å². The smallest absolute Gasteiger partial charge is 0.0728 e. The Morgan fingerprint density at radius 3 is 1.63 bits per heavy atom. The van der Waals surface area contributed by atoms with Crippen molar-refractivity contribution >= 4 is 38.1 Å². The molecule has 1 aromatic carbocycles. The fourth-order valence-electron chi connectivity index (χ4n) is 9.91. The molecule has 9 rings (SSSR count). The number of rotatable bonds is 0. The van der Waals surface area contributed by atoms with Gasteiger partial charge < -0.3 is 4.40 Å². The van der Waals surface area contributed by atoms with Crippen LogP contribution in [-0.2, 0) is 10.8 Å². The molecule has 4 aromatic heterocycles. The lowest BCUT2D eigenvalue weighted by molar-refractivity contribution is 0.227. The van der Waals surface area contributed by atoms with E-state index in [4.69, 9.17) is 9.97 Å². The highest BCUT2D eigenvalue weighted by Gasteiger charge is 2.62. The summed E-state index contributed by atoms with van der Waals surface area (Å²) in [7, 11) is 0. The number of fused-ring (bicyclic) bond motifs is 18. The third-order valence-corrected chi connectivity index (χ3v) is 12.7. The first-order chi connectivity index (χ1) is 16.6. The monoisotopic (exact) mass is 459 g/mol. The molecule has 0 spiro atoms. The topological polar surface area (TPSA) is 30.2 Å². The summed E-state index contributed by atoms with van der Waals surface area (Å²) in [6.07, 6.45) is 9.47. The first-order valence-corrected chi connectivity index (χ1v) is 13.6. The van der Waals surface area contributed by atoms with Gasteiger partial charge in [0.1, 0.15) is 0 Å². The summed E-state index contributed by atoms with van der Waals surface area (Å²) in [4.78, 5) is 10.5. The van der Waals surface area contributed by atoms with E-state index in [0.717, 1.165) is 0 Å². The molecule has 4 aliphatic rings. The Balaban J connectivity index is 1.47. The molecule has 0 radical (unpaired) electrons. The van der Waals surface area contributed by atoms with Crippen molar-refractivity contribution in [1.82, 2.24) is 14.4 Å². The first-order valence-electron chi connectivity index (χ1n) is 13.6. The van der Waals surface area contributed by atoms with Gasteiger partial charge in [-0.1, -0.05) is 59.7 Å². The summed E-state index contributed by atoms with van der Waals surface area (Å²) in [6, 6.07) is 7.04. The van der Waals surface area contributed by atoms with Crippen LogP contribution in [-0.4, -0.2) is 14.4 Å². The van der Waals surface area contributed by atoms with Crippen molar-refractivity contribution in [1.29, 1.82) is 0 Å². The van der Waals surface area contributed by atoms with Crippen molar-refractivity contribution in [3.8, 4) is 0 Å². The van der Waals surface area contributed by atoms with Crippen molar-refractivity contribution < 1.29 is 0 Å². The Kier molecular flexibility index (Phi) is 2.90. The van der Waals surface area contributed by atoms with E-state index in [-0.39, 0.29) is 21.7 Å². The van der Waals surface area contributed by atoms with Crippen LogP contribution >= 0.6 is 0 Å². The maximum atomic E-state index is 5.24. The molecule has 35 heavy (non-hydrogen) atoms. The largest absolute Gasteiger partial charge is 0.305 e. The molecule has 5 aromatic rings. The maximum Gasteiger partial charge on any atom is 0.0728 e. The summed E-state index contributed by atoms with van der Waals surface area (Å²) in [5, 5.41) is 5.77. The second kappa shape index (κ2) is 5.21. The molecule has 4 atom stereocenters. The van der Waals surface area contributed by atoms with Gasteiger partial charge in [-0.05, 0) is 59.5 Å². The van der Waals surface area contributed by atoms with E-state index in [1.165, 1.54) is 75.2 Å². The van der Waals surface area contributed by atoms with E-state index in [0.29, 0.717) is 11.8 Å². The van der Waals surface area contributed by atoms with Gasteiger partial charge in [0.2, 0.25) is 0 Å². The van der Waals surface area contributed by atoms with Crippen molar-refractivity contribution in [3.63, 3.8) is 0 Å². The number of aromatic nitrogens is 3. The highest BCUT2D eigenvalue weighted by atomic mass is 15.0. The predicted octanol–water partition coefficient (Wildman–Crippen LogP) is 7.98. The van der Waals surface area contributed by atoms with Crippen LogP contribution in [0.25, 0.3) is 38.1 Å². The van der Waals surface area contributed by atoms with E-state index in [2.05, 4.69) is 76.5 Å². The van der Waals surface area contributed by atoms with E-state index in [9.17, 15) is 0 Å². The maximum absolute atomic E-state index is 5.24. The van der Waals surface area contributed by atoms with E-state index >= 15 is 0 Å². The predicted molar refractivity (Wildman–Crippen MR) is 143 cm³/mol. The summed E-state index contributed by atoms with van der Waals surface area (Å²) in [5.74, 6) is 1.19. The minimum atomic E-state index is 0.178. The number of hydrogen-bond donors (Lipinski definition) is 0. The average molecular weight is 460 g/mol. The molecule has 0 saturated heterocycles. The molecule has 4 heterocycles. The van der Waals surface area contributed by atoms with E-state index in [1.807, 2.05) is 0 Å². The molecule has 4 unspecified atom stereocenters. The Labute approximate surface area is 206 Å². The van der Waals surface area contributed by atoms with Crippen molar-refractivity contribution in [2.45, 2.75) is 89.9 Å². The molecule has 4 bridgehead atoms. The van der Waals surface area contributed by atoms with Crippen LogP contribution in [0.3, 0.4) is 0 Å². The van der Waals surface area contributed by atoms with Gasteiger partial charge >= 0.3 is 0 Å². The highest BCUT2D eigenvalue weighted by molar-refractivity contribution is 6.24. The molecule has 0 N–H and O–H groups in total. The standard InChI is InChI=1S/C32H33N3/c1-29(2)18-10-12-31(29,5)27-24(18)22-16-8-7-9-17-23-21(35(26(16)17)20(22)14-33-27)15-34-28-25(23)19-11-13-32(28,6)30(19,3)4/h7-9,14-15,18-19H,10-13H2,1-6H3. The zero-order chi connectivity index (χ0) is 23.9. The van der Waals surface area contributed by atoms with Gasteiger partial charge in [0, 0.05) is 32.4 Å². The molecule has 2 fully saturated rings. The lowest BCUT2D eigenvalue weighted by Crippen LogP contribution is -2.31. The summed E-state index contributed by atoms with van der Waals surface area (Å²) in [5.41, 5.74) is 10.7. The van der Waals surface area contributed by atoms with Crippen molar-refractivity contribution in [3.05, 3.63) is 53.1 Å². The van der Waals surface area contributed by atoms with Crippen molar-refractivity contribution in [2.24, 2.45) is 10.8 Å². The number of hydrogen-bond acceptors (Lipinski definition) is 2. The second-order valence-electron chi connectivity index (χ2n) is 13.9. The molecule has 0 amide bonds. The lowest BCUT2D eigenvalue weighted by Gasteiger charge is -2.34. The number of pyridine rings is 2. The van der Waals surface area contributed by atoms with Gasteiger partial charge in [-0.3, -0.25) is 9.97 Å². The van der Waals surface area contributed by atoms with Crippen molar-refractivity contribution in [2.75, 3.05) is 0 Å². The Morgan fingerprint density at radius 1 is 0.714 bits per heavy atom. The quantitative estimate of drug-likeness (QED) is 0.235. The zero-order valence-electron chi connectivity index (χ0n) is 21.7. The first kappa shape index (κ1) is 19.5. The van der Waals surface area contributed by atoms with Crippen LogP contribution in [0.2, 0.25) is 0 Å². The number of para-hydroxylation sites is 1. The van der Waals surface area contributed by atoms with Gasteiger partial charge in [0.25, 0.3) is 0 Å². The Hall–Kier alpha value is -2.68. The van der Waals surface area contributed by atoms with Gasteiger partial charge in [-0.25, -0.2) is 0 Å². The van der Waals surface area contributed by atoms with Gasteiger partial charge in [0.05, 0.1) is 40.3 Å². The molecule has 0 aliphatic heterocycles. The summed E-state index contributed by atoms with van der Waals surface area (Å²) in [6.45, 7) is 14.9. The lowest BCUT2D eigenvalue weighted by atomic mass is 9.70. The molecule has 4 aliphatic carbocycles. The number of nitrogens with zero attached hydrogens (tertiary/aromatic N) is 3. The molecule has 3 heteroatoms. The second-order valence-corrected chi connectivity index (χ2v) is 13.9.